The molecule has 1 aromatic rings. The molecule has 0 saturated heterocycles. The second-order valence-corrected chi connectivity index (χ2v) is 3.67. The van der Waals surface area contributed by atoms with Crippen LogP contribution in [0.25, 0.3) is 0 Å². The van der Waals surface area contributed by atoms with Crippen molar-refractivity contribution in [1.82, 2.24) is 0 Å². The van der Waals surface area contributed by atoms with E-state index in [1.807, 2.05) is 0 Å². The molecule has 0 N–H and O–H groups in total. The fourth-order valence-corrected chi connectivity index (χ4v) is 1.51. The third-order valence-corrected chi connectivity index (χ3v) is 2.52. The Balaban J connectivity index is 3.46. The Bertz CT molecular complexity index is 393. The number of hydrogen-bond donors (Lipinski definition) is 0. The van der Waals surface area contributed by atoms with Crippen LogP contribution in [0.3, 0.4) is 0 Å². The van der Waals surface area contributed by atoms with E-state index in [2.05, 4.69) is 11.3 Å². The van der Waals surface area contributed by atoms with E-state index in [0.29, 0.717) is 0 Å². The van der Waals surface area contributed by atoms with Gasteiger partial charge in [0.15, 0.2) is 4.90 Å². The monoisotopic (exact) mass is 207 g/mol. The van der Waals surface area contributed by atoms with Crippen LogP contribution in [0.4, 0.5) is 8.78 Å². The Labute approximate surface area is 74.1 Å². The molecule has 0 atom stereocenters. The van der Waals surface area contributed by atoms with Crippen LogP contribution in [-0.2, 0) is 14.3 Å². The average Bonchev–Trinajstić information content (AvgIpc) is 2.03. The molecule has 1 rings (SSSR count). The molecule has 1 aromatic carbocycles. The van der Waals surface area contributed by atoms with Crippen molar-refractivity contribution in [2.24, 2.45) is 0 Å². The number of halogens is 2. The third kappa shape index (κ3) is 1.84. The highest BCUT2D eigenvalue weighted by Crippen LogP contribution is 2.19. The van der Waals surface area contributed by atoms with Gasteiger partial charge in [0.2, 0.25) is 0 Å². The molecule has 13 heavy (non-hydrogen) atoms. The predicted molar refractivity (Wildman–Crippen MR) is 40.0 cm³/mol. The summed E-state index contributed by atoms with van der Waals surface area (Å²) in [7, 11) is -1.83. The van der Waals surface area contributed by atoms with Gasteiger partial charge < -0.3 is 0 Å². The molecule has 0 aliphatic heterocycles. The fraction of sp³-hybridized carbons (Fsp3) is 0. The Hall–Kier alpha value is -1.01. The van der Waals surface area contributed by atoms with E-state index >= 15 is 0 Å². The summed E-state index contributed by atoms with van der Waals surface area (Å²) in [4.78, 5) is -1.12. The highest BCUT2D eigenvalue weighted by atomic mass is 32.2. The van der Waals surface area contributed by atoms with Crippen LogP contribution < -0.4 is 0 Å². The smallest absolute Gasteiger partial charge is 0.264 e. The Morgan fingerprint density at radius 2 is 1.69 bits per heavy atom. The van der Waals surface area contributed by atoms with Gasteiger partial charge in [-0.25, -0.2) is 8.78 Å². The molecule has 6 heteroatoms. The Morgan fingerprint density at radius 1 is 1.23 bits per heavy atom. The molecular weight excluding hydrogens is 202 g/mol. The minimum atomic E-state index is -4.42. The molecule has 71 valence electrons. The number of hydrogen-bond acceptors (Lipinski definition) is 3. The van der Waals surface area contributed by atoms with E-state index in [1.165, 1.54) is 0 Å². The summed E-state index contributed by atoms with van der Waals surface area (Å²) in [5.74, 6) is -2.41. The summed E-state index contributed by atoms with van der Waals surface area (Å²) >= 11 is 0. The number of benzene rings is 1. The number of rotatable bonds is 2. The zero-order valence-corrected chi connectivity index (χ0v) is 7.14. The van der Waals surface area contributed by atoms with E-state index in [1.54, 1.807) is 0 Å². The van der Waals surface area contributed by atoms with E-state index in [-0.39, 0.29) is 0 Å². The van der Waals surface area contributed by atoms with Crippen LogP contribution in [0.5, 0.6) is 0 Å². The zero-order valence-electron chi connectivity index (χ0n) is 6.33. The van der Waals surface area contributed by atoms with Crippen molar-refractivity contribution < 1.29 is 21.4 Å². The largest absolute Gasteiger partial charge is 0.302 e. The van der Waals surface area contributed by atoms with E-state index < -0.39 is 26.6 Å². The van der Waals surface area contributed by atoms with Crippen molar-refractivity contribution >= 4 is 10.1 Å². The lowest BCUT2D eigenvalue weighted by molar-refractivity contribution is 0.421. The van der Waals surface area contributed by atoms with Crippen LogP contribution in [-0.4, -0.2) is 8.42 Å². The first-order chi connectivity index (χ1) is 5.99. The topological polar surface area (TPSA) is 43.4 Å². The second kappa shape index (κ2) is 3.39. The minimum Gasteiger partial charge on any atom is -0.264 e. The second-order valence-electron chi connectivity index (χ2n) is 2.12. The highest BCUT2D eigenvalue weighted by molar-refractivity contribution is 7.86. The van der Waals surface area contributed by atoms with Crippen molar-refractivity contribution in [2.45, 2.75) is 4.90 Å². The lowest BCUT2D eigenvalue weighted by Crippen LogP contribution is -2.07. The maximum atomic E-state index is 12.8. The van der Waals surface area contributed by atoms with Crippen LogP contribution in [0.2, 0.25) is 0 Å². The summed E-state index contributed by atoms with van der Waals surface area (Å²) in [5.41, 5.74) is 0. The summed E-state index contributed by atoms with van der Waals surface area (Å²) in [6.45, 7) is 0. The summed E-state index contributed by atoms with van der Waals surface area (Å²) < 4.78 is 51.1. The minimum absolute atomic E-state index is 0.814. The molecule has 0 unspecified atom stereocenters. The molecule has 0 spiro atoms. The van der Waals surface area contributed by atoms with E-state index in [9.17, 15) is 17.2 Å². The van der Waals surface area contributed by atoms with Crippen molar-refractivity contribution in [2.75, 3.05) is 0 Å². The van der Waals surface area contributed by atoms with Crippen LogP contribution in [0.15, 0.2) is 23.1 Å². The van der Waals surface area contributed by atoms with Gasteiger partial charge in [0, 0.05) is 0 Å². The van der Waals surface area contributed by atoms with Gasteiger partial charge in [-0.15, -0.1) is 0 Å². The molecule has 0 aliphatic carbocycles. The molecule has 3 nitrogen and oxygen atoms in total. The predicted octanol–water partition coefficient (Wildman–Crippen LogP) is 1.46. The molecule has 0 amide bonds. The van der Waals surface area contributed by atoms with Gasteiger partial charge in [0.05, 0.1) is 7.11 Å². The third-order valence-electron chi connectivity index (χ3n) is 1.32. The Morgan fingerprint density at radius 3 is 2.08 bits per heavy atom. The molecule has 0 bridgehead atoms. The standard InChI is InChI=1S/C7H5F2O3S/c1-12-13(10,11)7-5(8)3-2-4-6(7)9/h2-4H,1H2. The van der Waals surface area contributed by atoms with Crippen molar-refractivity contribution in [3.05, 3.63) is 36.9 Å². The van der Waals surface area contributed by atoms with Crippen LogP contribution >= 0.6 is 0 Å². The van der Waals surface area contributed by atoms with Gasteiger partial charge in [0.1, 0.15) is 11.6 Å². The van der Waals surface area contributed by atoms with Crippen molar-refractivity contribution in [3.63, 3.8) is 0 Å². The molecule has 0 aromatic heterocycles. The SMILES string of the molecule is [CH2]OS(=O)(=O)c1c(F)cccc1F. The average molecular weight is 207 g/mol. The van der Waals surface area contributed by atoms with Gasteiger partial charge in [0.25, 0.3) is 0 Å². The highest BCUT2D eigenvalue weighted by Gasteiger charge is 2.23. The van der Waals surface area contributed by atoms with Gasteiger partial charge in [-0.05, 0) is 12.1 Å². The zero-order chi connectivity index (χ0) is 10.1. The molecule has 0 saturated carbocycles. The van der Waals surface area contributed by atoms with Gasteiger partial charge >= 0.3 is 10.1 Å². The summed E-state index contributed by atoms with van der Waals surface area (Å²) in [6, 6.07) is 2.68. The molecular formula is C7H5F2O3S. The molecule has 1 radical (unpaired) electrons. The first-order valence-electron chi connectivity index (χ1n) is 3.11. The fourth-order valence-electron chi connectivity index (χ4n) is 0.780. The normalized spacial score (nSPS) is 11.6. The maximum Gasteiger partial charge on any atom is 0.302 e. The van der Waals surface area contributed by atoms with Crippen LogP contribution in [0, 0.1) is 18.7 Å². The quantitative estimate of drug-likeness (QED) is 0.689. The first-order valence-corrected chi connectivity index (χ1v) is 4.52. The lowest BCUT2D eigenvalue weighted by atomic mass is 10.3. The van der Waals surface area contributed by atoms with Gasteiger partial charge in [-0.1, -0.05) is 6.07 Å². The summed E-state index contributed by atoms with van der Waals surface area (Å²) in [6.07, 6.45) is 0. The molecule has 0 heterocycles. The van der Waals surface area contributed by atoms with Crippen molar-refractivity contribution in [1.29, 1.82) is 0 Å². The van der Waals surface area contributed by atoms with E-state index in [0.717, 1.165) is 18.2 Å². The Kier molecular flexibility index (Phi) is 2.63. The maximum absolute atomic E-state index is 12.8. The van der Waals surface area contributed by atoms with Gasteiger partial charge in [-0.3, -0.25) is 4.18 Å². The molecule has 0 aliphatic rings. The first kappa shape index (κ1) is 10.1. The molecule has 0 fully saturated rings. The van der Waals surface area contributed by atoms with E-state index in [4.69, 9.17) is 0 Å². The van der Waals surface area contributed by atoms with Crippen molar-refractivity contribution in [3.8, 4) is 0 Å². The van der Waals surface area contributed by atoms with Crippen LogP contribution in [0.1, 0.15) is 0 Å². The van der Waals surface area contributed by atoms with Gasteiger partial charge in [-0.2, -0.15) is 8.42 Å². The summed E-state index contributed by atoms with van der Waals surface area (Å²) in [5, 5.41) is 0. The lowest BCUT2D eigenvalue weighted by Gasteiger charge is -2.02.